The largest absolute Gasteiger partial charge is 0.481 e. The monoisotopic (exact) mass is 499 g/mol. The minimum atomic E-state index is -1.49. The van der Waals surface area contributed by atoms with Gasteiger partial charge in [-0.3, -0.25) is 24.2 Å². The van der Waals surface area contributed by atoms with E-state index in [-0.39, 0.29) is 37.8 Å². The Bertz CT molecular complexity index is 814. The van der Waals surface area contributed by atoms with Crippen molar-refractivity contribution in [2.45, 2.75) is 76.5 Å². The molecule has 0 aliphatic carbocycles. The molecule has 0 bridgehead atoms. The number of carbonyl (C=O) groups excluding carboxylic acids is 3. The summed E-state index contributed by atoms with van der Waals surface area (Å²) >= 11 is 0. The first-order chi connectivity index (χ1) is 16.3. The third-order valence-corrected chi connectivity index (χ3v) is 5.46. The minimum absolute atomic E-state index is 0.0405. The van der Waals surface area contributed by atoms with Crippen molar-refractivity contribution in [3.8, 4) is 0 Å². The van der Waals surface area contributed by atoms with E-state index >= 15 is 0 Å². The summed E-state index contributed by atoms with van der Waals surface area (Å²) in [6.45, 7) is 4.13. The molecule has 14 nitrogen and oxygen atoms in total. The van der Waals surface area contributed by atoms with Crippen LogP contribution in [0.1, 0.15) is 52.4 Å². The second-order valence-corrected chi connectivity index (χ2v) is 8.93. The molecule has 0 spiro atoms. The lowest BCUT2D eigenvalue weighted by Gasteiger charge is -2.29. The molecule has 0 aromatic heterocycles. The summed E-state index contributed by atoms with van der Waals surface area (Å²) in [6, 6.07) is -4.59. The van der Waals surface area contributed by atoms with Crippen LogP contribution in [0.2, 0.25) is 0 Å². The molecule has 10 N–H and O–H groups in total. The van der Waals surface area contributed by atoms with E-state index in [0.717, 1.165) is 0 Å². The lowest BCUT2D eigenvalue weighted by atomic mass is 10.0. The van der Waals surface area contributed by atoms with E-state index in [2.05, 4.69) is 15.6 Å². The van der Waals surface area contributed by atoms with Gasteiger partial charge in [0.2, 0.25) is 17.7 Å². The first kappa shape index (κ1) is 29.6. The van der Waals surface area contributed by atoms with E-state index in [0.29, 0.717) is 19.3 Å². The molecule has 0 aromatic carbocycles. The van der Waals surface area contributed by atoms with Gasteiger partial charge in [-0.1, -0.05) is 13.8 Å². The topological polar surface area (TPSA) is 244 Å². The highest BCUT2D eigenvalue weighted by Crippen LogP contribution is 2.20. The number of carboxylic acid groups (broad SMARTS) is 2. The zero-order chi connectivity index (χ0) is 26.7. The molecule has 1 aliphatic heterocycles. The average Bonchev–Trinajstić information content (AvgIpc) is 3.24. The Morgan fingerprint density at radius 2 is 1.69 bits per heavy atom. The number of carboxylic acids is 2. The average molecular weight is 500 g/mol. The van der Waals surface area contributed by atoms with Crippen LogP contribution in [-0.4, -0.2) is 88.0 Å². The molecule has 1 rings (SSSR count). The van der Waals surface area contributed by atoms with Gasteiger partial charge in [0.05, 0.1) is 12.5 Å². The van der Waals surface area contributed by atoms with Crippen molar-refractivity contribution >= 4 is 35.6 Å². The molecule has 3 amide bonds. The Labute approximate surface area is 203 Å². The first-order valence-corrected chi connectivity index (χ1v) is 11.5. The number of hydrogen-bond donors (Lipinski definition) is 7. The maximum Gasteiger partial charge on any atom is 0.326 e. The molecule has 1 fully saturated rings. The second kappa shape index (κ2) is 14.1. The van der Waals surface area contributed by atoms with Crippen LogP contribution in [0, 0.1) is 5.92 Å². The van der Waals surface area contributed by atoms with Crippen molar-refractivity contribution in [1.82, 2.24) is 15.5 Å². The van der Waals surface area contributed by atoms with E-state index in [1.165, 1.54) is 4.90 Å². The van der Waals surface area contributed by atoms with Crippen molar-refractivity contribution < 1.29 is 34.2 Å². The van der Waals surface area contributed by atoms with Gasteiger partial charge in [0.25, 0.3) is 0 Å². The van der Waals surface area contributed by atoms with Crippen molar-refractivity contribution in [2.75, 3.05) is 13.1 Å². The van der Waals surface area contributed by atoms with Gasteiger partial charge in [0, 0.05) is 13.1 Å². The van der Waals surface area contributed by atoms with Crippen LogP contribution in [0.5, 0.6) is 0 Å². The smallest absolute Gasteiger partial charge is 0.326 e. The minimum Gasteiger partial charge on any atom is -0.481 e. The van der Waals surface area contributed by atoms with Crippen molar-refractivity contribution in [3.05, 3.63) is 0 Å². The fourth-order valence-electron chi connectivity index (χ4n) is 3.77. The van der Waals surface area contributed by atoms with Crippen LogP contribution in [0.25, 0.3) is 0 Å². The van der Waals surface area contributed by atoms with Gasteiger partial charge in [-0.2, -0.15) is 0 Å². The molecule has 0 saturated carbocycles. The number of nitrogens with one attached hydrogen (secondary N) is 2. The number of aliphatic carboxylic acids is 2. The molecule has 14 heteroatoms. The number of carbonyl (C=O) groups is 5. The number of aliphatic imine (C=N–C) groups is 1. The fraction of sp³-hybridized carbons (Fsp3) is 0.714. The highest BCUT2D eigenvalue weighted by atomic mass is 16.4. The zero-order valence-corrected chi connectivity index (χ0v) is 20.1. The normalized spacial score (nSPS) is 17.8. The molecule has 1 saturated heterocycles. The Kier molecular flexibility index (Phi) is 11.9. The molecule has 198 valence electrons. The standard InChI is InChI=1S/C21H37N7O7/c1-11(2)9-14(19(33)28-8-4-6-15(28)20(34)35)27-18(32)13(10-16(29)30)26-17(31)12(22)5-3-7-25-21(23)24/h11-15H,3-10,22H2,1-2H3,(H,26,31)(H,27,32)(H,29,30)(H,34,35)(H4,23,24,25). The number of likely N-dealkylation sites (tertiary alicyclic amines) is 1. The van der Waals surface area contributed by atoms with Crippen LogP contribution in [0.4, 0.5) is 0 Å². The summed E-state index contributed by atoms with van der Waals surface area (Å²) in [5.41, 5.74) is 16.3. The highest BCUT2D eigenvalue weighted by Gasteiger charge is 2.38. The van der Waals surface area contributed by atoms with Crippen LogP contribution in [-0.2, 0) is 24.0 Å². The van der Waals surface area contributed by atoms with Gasteiger partial charge < -0.3 is 42.9 Å². The quantitative estimate of drug-likeness (QED) is 0.0781. The number of nitrogens with two attached hydrogens (primary N) is 3. The lowest BCUT2D eigenvalue weighted by Crippen LogP contribution is -2.57. The molecule has 4 unspecified atom stereocenters. The Morgan fingerprint density at radius 3 is 2.23 bits per heavy atom. The van der Waals surface area contributed by atoms with E-state index < -0.39 is 60.2 Å². The third-order valence-electron chi connectivity index (χ3n) is 5.46. The van der Waals surface area contributed by atoms with Gasteiger partial charge >= 0.3 is 11.9 Å². The molecule has 0 aromatic rings. The fourth-order valence-corrected chi connectivity index (χ4v) is 3.77. The number of guanidine groups is 1. The predicted octanol–water partition coefficient (Wildman–Crippen LogP) is -2.07. The summed E-state index contributed by atoms with van der Waals surface area (Å²) < 4.78 is 0. The van der Waals surface area contributed by atoms with E-state index in [4.69, 9.17) is 17.2 Å². The summed E-state index contributed by atoms with van der Waals surface area (Å²) in [7, 11) is 0. The van der Waals surface area contributed by atoms with Crippen LogP contribution >= 0.6 is 0 Å². The maximum atomic E-state index is 13.1. The number of hydrogen-bond acceptors (Lipinski definition) is 7. The van der Waals surface area contributed by atoms with Crippen molar-refractivity contribution in [1.29, 1.82) is 0 Å². The van der Waals surface area contributed by atoms with Crippen molar-refractivity contribution in [2.24, 2.45) is 28.1 Å². The van der Waals surface area contributed by atoms with Crippen LogP contribution in [0.15, 0.2) is 4.99 Å². The van der Waals surface area contributed by atoms with Crippen LogP contribution < -0.4 is 27.8 Å². The van der Waals surface area contributed by atoms with Crippen molar-refractivity contribution in [3.63, 3.8) is 0 Å². The number of rotatable bonds is 14. The Morgan fingerprint density at radius 1 is 1.06 bits per heavy atom. The van der Waals surface area contributed by atoms with E-state index in [1.807, 2.05) is 13.8 Å². The third kappa shape index (κ3) is 10.2. The maximum absolute atomic E-state index is 13.1. The van der Waals surface area contributed by atoms with E-state index in [1.54, 1.807) is 0 Å². The lowest BCUT2D eigenvalue weighted by molar-refractivity contribution is -0.150. The van der Waals surface area contributed by atoms with Crippen LogP contribution in [0.3, 0.4) is 0 Å². The van der Waals surface area contributed by atoms with Gasteiger partial charge in [0.1, 0.15) is 18.1 Å². The predicted molar refractivity (Wildman–Crippen MR) is 126 cm³/mol. The SMILES string of the molecule is CC(C)CC(NC(=O)C(CC(=O)O)NC(=O)C(N)CCCN=C(N)N)C(=O)N1CCCC1C(=O)O. The highest BCUT2D eigenvalue weighted by molar-refractivity contribution is 5.95. The first-order valence-electron chi connectivity index (χ1n) is 11.5. The second-order valence-electron chi connectivity index (χ2n) is 8.93. The molecule has 35 heavy (non-hydrogen) atoms. The summed E-state index contributed by atoms with van der Waals surface area (Å²) in [4.78, 5) is 66.3. The molecule has 4 atom stereocenters. The Hall–Kier alpha value is -3.42. The molecular formula is C21H37N7O7. The number of nitrogens with zero attached hydrogens (tertiary/aromatic N) is 2. The molecule has 1 heterocycles. The molecule has 0 radical (unpaired) electrons. The molecular weight excluding hydrogens is 462 g/mol. The van der Waals surface area contributed by atoms with Gasteiger partial charge in [0.15, 0.2) is 5.96 Å². The van der Waals surface area contributed by atoms with Gasteiger partial charge in [-0.25, -0.2) is 4.79 Å². The Balaban J connectivity index is 2.91. The summed E-state index contributed by atoms with van der Waals surface area (Å²) in [5, 5.41) is 23.5. The zero-order valence-electron chi connectivity index (χ0n) is 20.1. The summed E-state index contributed by atoms with van der Waals surface area (Å²) in [5.74, 6) is -4.79. The molecule has 1 aliphatic rings. The van der Waals surface area contributed by atoms with Gasteiger partial charge in [-0.15, -0.1) is 0 Å². The van der Waals surface area contributed by atoms with E-state index in [9.17, 15) is 34.2 Å². The number of amides is 3. The summed E-state index contributed by atoms with van der Waals surface area (Å²) in [6.07, 6.45) is 0.859. The van der Waals surface area contributed by atoms with Gasteiger partial charge in [-0.05, 0) is 38.0 Å².